The Morgan fingerprint density at radius 3 is 2.65 bits per heavy atom. The van der Waals surface area contributed by atoms with E-state index < -0.39 is 16.0 Å². The number of ether oxygens (including phenoxy) is 1. The first-order valence-electron chi connectivity index (χ1n) is 7.87. The van der Waals surface area contributed by atoms with E-state index in [2.05, 4.69) is 4.72 Å². The average molecular weight is 339 g/mol. The number of fused-ring (bicyclic) bond motifs is 1. The monoisotopic (exact) mass is 339 g/mol. The predicted octanol–water partition coefficient (Wildman–Crippen LogP) is 1.58. The van der Waals surface area contributed by atoms with Crippen LogP contribution in [0.3, 0.4) is 0 Å². The molecule has 1 aliphatic heterocycles. The fourth-order valence-corrected chi connectivity index (χ4v) is 4.93. The first-order chi connectivity index (χ1) is 10.9. The zero-order valence-electron chi connectivity index (χ0n) is 13.0. The fourth-order valence-electron chi connectivity index (χ4n) is 3.26. The normalized spacial score (nSPS) is 24.4. The van der Waals surface area contributed by atoms with E-state index in [4.69, 9.17) is 4.74 Å². The van der Waals surface area contributed by atoms with Crippen LogP contribution in [0.4, 0.5) is 0 Å². The molecule has 1 saturated heterocycles. The number of nitrogens with one attached hydrogen (secondary N) is 1. The predicted molar refractivity (Wildman–Crippen MR) is 84.1 cm³/mol. The third kappa shape index (κ3) is 3.27. The van der Waals surface area contributed by atoms with Gasteiger partial charge in [0.25, 0.3) is 0 Å². The number of hydrogen-bond donors (Lipinski definition) is 2. The highest BCUT2D eigenvalue weighted by Crippen LogP contribution is 2.30. The van der Waals surface area contributed by atoms with E-state index in [0.717, 1.165) is 30.4 Å². The molecule has 1 aliphatic carbocycles. The number of aryl methyl sites for hydroxylation is 1. The maximum Gasteiger partial charge on any atom is 0.335 e. The molecule has 0 amide bonds. The Morgan fingerprint density at radius 2 is 2.00 bits per heavy atom. The highest BCUT2D eigenvalue weighted by atomic mass is 32.2. The number of hydrogen-bond acceptors (Lipinski definition) is 4. The quantitative estimate of drug-likeness (QED) is 0.869. The van der Waals surface area contributed by atoms with E-state index in [-0.39, 0.29) is 22.4 Å². The van der Waals surface area contributed by atoms with Crippen LogP contribution < -0.4 is 4.72 Å². The van der Waals surface area contributed by atoms with E-state index in [1.54, 1.807) is 6.07 Å². The molecule has 7 heteroatoms. The number of carbonyl (C=O) groups is 1. The van der Waals surface area contributed by atoms with Crippen LogP contribution in [0.1, 0.15) is 41.3 Å². The lowest BCUT2D eigenvalue weighted by molar-refractivity contribution is 0.0696. The molecule has 2 N–H and O–H groups in total. The van der Waals surface area contributed by atoms with Crippen LogP contribution in [0, 0.1) is 5.92 Å². The number of carboxylic acids is 1. The number of rotatable bonds is 4. The summed E-state index contributed by atoms with van der Waals surface area (Å²) in [7, 11) is -3.77. The standard InChI is InChI=1S/C16H21NO5S/c1-10-8-22-9-14(10)17-23(20,21)15-7-12(16(18)19)6-11-4-2-3-5-13(11)15/h6-7,10,14,17H,2-5,8-9H2,1H3,(H,18,19). The van der Waals surface area contributed by atoms with Crippen molar-refractivity contribution in [3.8, 4) is 0 Å². The lowest BCUT2D eigenvalue weighted by Crippen LogP contribution is -2.39. The molecule has 2 aliphatic rings. The second-order valence-corrected chi connectivity index (χ2v) is 8.05. The van der Waals surface area contributed by atoms with Gasteiger partial charge in [0.15, 0.2) is 0 Å². The topological polar surface area (TPSA) is 92.7 Å². The van der Waals surface area contributed by atoms with Crippen LogP contribution in [0.5, 0.6) is 0 Å². The summed E-state index contributed by atoms with van der Waals surface area (Å²) in [5.74, 6) is -1.00. The molecule has 126 valence electrons. The minimum atomic E-state index is -3.77. The van der Waals surface area contributed by atoms with Crippen LogP contribution in [0.15, 0.2) is 17.0 Å². The summed E-state index contributed by atoms with van der Waals surface area (Å²) in [6.07, 6.45) is 3.27. The highest BCUT2D eigenvalue weighted by Gasteiger charge is 2.32. The Kier molecular flexibility index (Phi) is 4.44. The van der Waals surface area contributed by atoms with Gasteiger partial charge in [0.05, 0.1) is 29.7 Å². The molecule has 1 aromatic carbocycles. The van der Waals surface area contributed by atoms with Gasteiger partial charge in [0.2, 0.25) is 10.0 Å². The van der Waals surface area contributed by atoms with Crippen LogP contribution in [0.2, 0.25) is 0 Å². The highest BCUT2D eigenvalue weighted by molar-refractivity contribution is 7.89. The van der Waals surface area contributed by atoms with Crippen molar-refractivity contribution in [1.29, 1.82) is 0 Å². The van der Waals surface area contributed by atoms with Gasteiger partial charge in [-0.1, -0.05) is 6.92 Å². The van der Waals surface area contributed by atoms with Crippen LogP contribution >= 0.6 is 0 Å². The molecular formula is C16H21NO5S. The summed E-state index contributed by atoms with van der Waals surface area (Å²) in [4.78, 5) is 11.4. The summed E-state index contributed by atoms with van der Waals surface area (Å²) >= 11 is 0. The minimum Gasteiger partial charge on any atom is -0.478 e. The zero-order valence-corrected chi connectivity index (χ0v) is 13.9. The number of aromatic carboxylic acids is 1. The van der Waals surface area contributed by atoms with Crippen molar-refractivity contribution in [3.05, 3.63) is 28.8 Å². The molecule has 0 radical (unpaired) electrons. The van der Waals surface area contributed by atoms with Gasteiger partial charge in [0, 0.05) is 0 Å². The maximum absolute atomic E-state index is 12.8. The van der Waals surface area contributed by atoms with Crippen molar-refractivity contribution in [3.63, 3.8) is 0 Å². The van der Waals surface area contributed by atoms with E-state index in [9.17, 15) is 18.3 Å². The summed E-state index contributed by atoms with van der Waals surface area (Å²) in [6, 6.07) is 2.62. The SMILES string of the molecule is CC1COCC1NS(=O)(=O)c1cc(C(=O)O)cc2c1CCCC2. The largest absolute Gasteiger partial charge is 0.478 e. The molecule has 0 spiro atoms. The van der Waals surface area contributed by atoms with Crippen molar-refractivity contribution < 1.29 is 23.1 Å². The zero-order chi connectivity index (χ0) is 16.6. The van der Waals surface area contributed by atoms with Crippen molar-refractivity contribution in [1.82, 2.24) is 4.72 Å². The van der Waals surface area contributed by atoms with E-state index >= 15 is 0 Å². The van der Waals surface area contributed by atoms with E-state index in [1.165, 1.54) is 6.07 Å². The fraction of sp³-hybridized carbons (Fsp3) is 0.562. The summed E-state index contributed by atoms with van der Waals surface area (Å²) in [6.45, 7) is 2.81. The molecule has 0 bridgehead atoms. The van der Waals surface area contributed by atoms with Gasteiger partial charge in [-0.3, -0.25) is 0 Å². The summed E-state index contributed by atoms with van der Waals surface area (Å²) in [5, 5.41) is 9.27. The first-order valence-corrected chi connectivity index (χ1v) is 9.36. The van der Waals surface area contributed by atoms with Gasteiger partial charge in [0.1, 0.15) is 0 Å². The molecule has 3 rings (SSSR count). The Labute approximate surface area is 135 Å². The Bertz CT molecular complexity index is 728. The van der Waals surface area contributed by atoms with Crippen molar-refractivity contribution >= 4 is 16.0 Å². The average Bonchev–Trinajstić information content (AvgIpc) is 2.90. The van der Waals surface area contributed by atoms with E-state index in [0.29, 0.717) is 19.6 Å². The van der Waals surface area contributed by atoms with Gasteiger partial charge >= 0.3 is 5.97 Å². The third-order valence-electron chi connectivity index (χ3n) is 4.63. The maximum atomic E-state index is 12.8. The lowest BCUT2D eigenvalue weighted by atomic mass is 9.90. The van der Waals surface area contributed by atoms with Crippen molar-refractivity contribution in [2.24, 2.45) is 5.92 Å². The van der Waals surface area contributed by atoms with Gasteiger partial charge in [-0.2, -0.15) is 0 Å². The van der Waals surface area contributed by atoms with Gasteiger partial charge in [-0.15, -0.1) is 0 Å². The third-order valence-corrected chi connectivity index (χ3v) is 6.19. The lowest BCUT2D eigenvalue weighted by Gasteiger charge is -2.22. The number of carboxylic acid groups (broad SMARTS) is 1. The number of benzene rings is 1. The van der Waals surface area contributed by atoms with Crippen LogP contribution in [-0.2, 0) is 27.6 Å². The molecule has 1 aromatic rings. The van der Waals surface area contributed by atoms with Crippen LogP contribution in [0.25, 0.3) is 0 Å². The summed E-state index contributed by atoms with van der Waals surface area (Å²) in [5.41, 5.74) is 1.63. The summed E-state index contributed by atoms with van der Waals surface area (Å²) < 4.78 is 33.6. The first kappa shape index (κ1) is 16.4. The Hall–Kier alpha value is -1.44. The van der Waals surface area contributed by atoms with Crippen molar-refractivity contribution in [2.45, 2.75) is 43.5 Å². The molecule has 2 atom stereocenters. The van der Waals surface area contributed by atoms with Gasteiger partial charge < -0.3 is 9.84 Å². The molecule has 0 aromatic heterocycles. The second kappa shape index (κ2) is 6.22. The Balaban J connectivity index is 2.02. The van der Waals surface area contributed by atoms with Gasteiger partial charge in [-0.05, 0) is 54.9 Å². The molecule has 1 heterocycles. The Morgan fingerprint density at radius 1 is 1.26 bits per heavy atom. The number of sulfonamides is 1. The molecule has 0 saturated carbocycles. The minimum absolute atomic E-state index is 0.0294. The van der Waals surface area contributed by atoms with E-state index in [1.807, 2.05) is 6.92 Å². The molecule has 1 fully saturated rings. The van der Waals surface area contributed by atoms with Crippen LogP contribution in [-0.4, -0.2) is 38.7 Å². The molecular weight excluding hydrogens is 318 g/mol. The van der Waals surface area contributed by atoms with Gasteiger partial charge in [-0.25, -0.2) is 17.9 Å². The van der Waals surface area contributed by atoms with Crippen molar-refractivity contribution in [2.75, 3.05) is 13.2 Å². The second-order valence-electron chi connectivity index (χ2n) is 6.37. The molecule has 6 nitrogen and oxygen atoms in total. The smallest absolute Gasteiger partial charge is 0.335 e. The molecule has 2 unspecified atom stereocenters. The molecule has 23 heavy (non-hydrogen) atoms.